The fourth-order valence-corrected chi connectivity index (χ4v) is 1.43. The molecule has 14 heavy (non-hydrogen) atoms. The van der Waals surface area contributed by atoms with E-state index >= 15 is 0 Å². The second-order valence-corrected chi connectivity index (χ2v) is 4.12. The zero-order valence-electron chi connectivity index (χ0n) is 9.29. The van der Waals surface area contributed by atoms with Crippen molar-refractivity contribution in [2.24, 2.45) is 0 Å². The molecule has 0 fully saturated rings. The first kappa shape index (κ1) is 11.2. The number of amides is 1. The van der Waals surface area contributed by atoms with Crippen LogP contribution < -0.4 is 5.32 Å². The summed E-state index contributed by atoms with van der Waals surface area (Å²) in [6, 6.07) is 0.755. The molecule has 0 unspecified atom stereocenters. The standard InChI is InChI=1S/C11H20N2O/c1-9(2)13(3)11(14)8-12-10-6-4-5-7-10/h4-5,9-10,12H,6-8H2,1-3H3. The molecule has 1 aliphatic rings. The van der Waals surface area contributed by atoms with Gasteiger partial charge in [-0.1, -0.05) is 12.2 Å². The summed E-state index contributed by atoms with van der Waals surface area (Å²) in [6.07, 6.45) is 6.43. The number of rotatable bonds is 4. The first-order chi connectivity index (χ1) is 6.61. The van der Waals surface area contributed by atoms with Gasteiger partial charge in [0, 0.05) is 19.1 Å². The number of hydrogen-bond acceptors (Lipinski definition) is 2. The predicted octanol–water partition coefficient (Wildman–Crippen LogP) is 1.16. The van der Waals surface area contributed by atoms with Crippen LogP contribution in [0.3, 0.4) is 0 Å². The van der Waals surface area contributed by atoms with Crippen molar-refractivity contribution in [3.63, 3.8) is 0 Å². The van der Waals surface area contributed by atoms with E-state index in [1.165, 1.54) is 0 Å². The van der Waals surface area contributed by atoms with Crippen LogP contribution in [-0.2, 0) is 4.79 Å². The number of carbonyl (C=O) groups is 1. The van der Waals surface area contributed by atoms with Crippen LogP contribution in [0.2, 0.25) is 0 Å². The highest BCUT2D eigenvalue weighted by atomic mass is 16.2. The van der Waals surface area contributed by atoms with Gasteiger partial charge in [0.25, 0.3) is 0 Å². The van der Waals surface area contributed by atoms with Crippen LogP contribution in [0.5, 0.6) is 0 Å². The third kappa shape index (κ3) is 3.14. The normalized spacial score (nSPS) is 16.6. The zero-order chi connectivity index (χ0) is 10.6. The van der Waals surface area contributed by atoms with Crippen molar-refractivity contribution < 1.29 is 4.79 Å². The van der Waals surface area contributed by atoms with Crippen molar-refractivity contribution >= 4 is 5.91 Å². The van der Waals surface area contributed by atoms with E-state index in [0.29, 0.717) is 12.6 Å². The maximum Gasteiger partial charge on any atom is 0.236 e. The van der Waals surface area contributed by atoms with E-state index in [2.05, 4.69) is 17.5 Å². The van der Waals surface area contributed by atoms with E-state index in [-0.39, 0.29) is 11.9 Å². The van der Waals surface area contributed by atoms with E-state index in [9.17, 15) is 4.79 Å². The number of hydrogen-bond donors (Lipinski definition) is 1. The quantitative estimate of drug-likeness (QED) is 0.684. The molecular weight excluding hydrogens is 176 g/mol. The number of nitrogens with one attached hydrogen (secondary N) is 1. The van der Waals surface area contributed by atoms with Crippen molar-refractivity contribution in [1.82, 2.24) is 10.2 Å². The summed E-state index contributed by atoms with van der Waals surface area (Å²) in [5.74, 6) is 0.173. The molecule has 0 atom stereocenters. The van der Waals surface area contributed by atoms with Crippen LogP contribution in [-0.4, -0.2) is 36.5 Å². The summed E-state index contributed by atoms with van der Waals surface area (Å²) >= 11 is 0. The first-order valence-corrected chi connectivity index (χ1v) is 5.25. The van der Waals surface area contributed by atoms with Crippen LogP contribution in [0.4, 0.5) is 0 Å². The average Bonchev–Trinajstić information content (AvgIpc) is 2.65. The monoisotopic (exact) mass is 196 g/mol. The Balaban J connectivity index is 2.20. The Bertz CT molecular complexity index is 215. The Morgan fingerprint density at radius 1 is 1.50 bits per heavy atom. The van der Waals surface area contributed by atoms with Gasteiger partial charge >= 0.3 is 0 Å². The van der Waals surface area contributed by atoms with Crippen LogP contribution >= 0.6 is 0 Å². The van der Waals surface area contributed by atoms with Crippen molar-refractivity contribution in [3.8, 4) is 0 Å². The molecule has 0 saturated carbocycles. The lowest BCUT2D eigenvalue weighted by Crippen LogP contribution is -2.42. The van der Waals surface area contributed by atoms with E-state index in [1.54, 1.807) is 4.90 Å². The molecule has 0 radical (unpaired) electrons. The number of likely N-dealkylation sites (N-methyl/N-ethyl adjacent to an activating group) is 1. The van der Waals surface area contributed by atoms with Gasteiger partial charge in [0.05, 0.1) is 6.54 Å². The molecule has 0 aromatic heterocycles. The van der Waals surface area contributed by atoms with Crippen LogP contribution in [0, 0.1) is 0 Å². The van der Waals surface area contributed by atoms with E-state index in [0.717, 1.165) is 12.8 Å². The lowest BCUT2D eigenvalue weighted by molar-refractivity contribution is -0.130. The second kappa shape index (κ2) is 5.15. The summed E-state index contributed by atoms with van der Waals surface area (Å²) in [4.78, 5) is 13.4. The molecule has 0 bridgehead atoms. The molecular formula is C11H20N2O. The minimum Gasteiger partial charge on any atom is -0.342 e. The smallest absolute Gasteiger partial charge is 0.236 e. The third-order valence-electron chi connectivity index (χ3n) is 2.72. The highest BCUT2D eigenvalue weighted by Gasteiger charge is 2.14. The van der Waals surface area contributed by atoms with Gasteiger partial charge < -0.3 is 10.2 Å². The Morgan fingerprint density at radius 2 is 2.07 bits per heavy atom. The summed E-state index contributed by atoms with van der Waals surface area (Å²) < 4.78 is 0. The Kier molecular flexibility index (Phi) is 4.14. The SMILES string of the molecule is CC(C)N(C)C(=O)CNC1CC=CC1. The first-order valence-electron chi connectivity index (χ1n) is 5.25. The van der Waals surface area contributed by atoms with Gasteiger partial charge in [-0.3, -0.25) is 4.79 Å². The molecule has 1 N–H and O–H groups in total. The lowest BCUT2D eigenvalue weighted by atomic mass is 10.2. The predicted molar refractivity (Wildman–Crippen MR) is 58.1 cm³/mol. The van der Waals surface area contributed by atoms with Crippen LogP contribution in [0.1, 0.15) is 26.7 Å². The second-order valence-electron chi connectivity index (χ2n) is 4.12. The molecule has 80 valence electrons. The van der Waals surface area contributed by atoms with E-state index in [4.69, 9.17) is 0 Å². The minimum atomic E-state index is 0.173. The fourth-order valence-electron chi connectivity index (χ4n) is 1.43. The average molecular weight is 196 g/mol. The highest BCUT2D eigenvalue weighted by molar-refractivity contribution is 5.78. The van der Waals surface area contributed by atoms with Gasteiger partial charge in [-0.25, -0.2) is 0 Å². The van der Waals surface area contributed by atoms with E-state index in [1.807, 2.05) is 20.9 Å². The maximum atomic E-state index is 11.6. The molecule has 0 aromatic rings. The molecule has 0 aliphatic heterocycles. The van der Waals surface area contributed by atoms with Crippen molar-refractivity contribution in [2.45, 2.75) is 38.8 Å². The molecule has 1 rings (SSSR count). The van der Waals surface area contributed by atoms with Gasteiger partial charge in [0.1, 0.15) is 0 Å². The van der Waals surface area contributed by atoms with Crippen molar-refractivity contribution in [1.29, 1.82) is 0 Å². The summed E-state index contributed by atoms with van der Waals surface area (Å²) in [7, 11) is 1.85. The molecule has 0 spiro atoms. The lowest BCUT2D eigenvalue weighted by Gasteiger charge is -2.22. The molecule has 3 nitrogen and oxygen atoms in total. The van der Waals surface area contributed by atoms with Crippen LogP contribution in [0.25, 0.3) is 0 Å². The van der Waals surface area contributed by atoms with Gasteiger partial charge in [-0.15, -0.1) is 0 Å². The summed E-state index contributed by atoms with van der Waals surface area (Å²) in [5.41, 5.74) is 0. The van der Waals surface area contributed by atoms with Crippen molar-refractivity contribution in [3.05, 3.63) is 12.2 Å². The van der Waals surface area contributed by atoms with Crippen LogP contribution in [0.15, 0.2) is 12.2 Å². The number of nitrogens with zero attached hydrogens (tertiary/aromatic N) is 1. The maximum absolute atomic E-state index is 11.6. The Morgan fingerprint density at radius 3 is 2.57 bits per heavy atom. The van der Waals surface area contributed by atoms with Gasteiger partial charge in [-0.2, -0.15) is 0 Å². The number of carbonyl (C=O) groups excluding carboxylic acids is 1. The Hall–Kier alpha value is -0.830. The molecule has 1 aliphatic carbocycles. The zero-order valence-corrected chi connectivity index (χ0v) is 9.29. The van der Waals surface area contributed by atoms with Gasteiger partial charge in [-0.05, 0) is 26.7 Å². The summed E-state index contributed by atoms with van der Waals surface area (Å²) in [6.45, 7) is 4.51. The molecule has 0 heterocycles. The van der Waals surface area contributed by atoms with Crippen molar-refractivity contribution in [2.75, 3.05) is 13.6 Å². The largest absolute Gasteiger partial charge is 0.342 e. The fraction of sp³-hybridized carbons (Fsp3) is 0.727. The van der Waals surface area contributed by atoms with E-state index < -0.39 is 0 Å². The minimum absolute atomic E-state index is 0.173. The molecule has 1 amide bonds. The summed E-state index contributed by atoms with van der Waals surface area (Å²) in [5, 5.41) is 3.26. The Labute approximate surface area is 86.2 Å². The molecule has 0 saturated heterocycles. The molecule has 3 heteroatoms. The topological polar surface area (TPSA) is 32.3 Å². The third-order valence-corrected chi connectivity index (χ3v) is 2.72. The van der Waals surface area contributed by atoms with Gasteiger partial charge in [0.15, 0.2) is 0 Å². The molecule has 0 aromatic carbocycles. The van der Waals surface area contributed by atoms with Gasteiger partial charge in [0.2, 0.25) is 5.91 Å². The highest BCUT2D eigenvalue weighted by Crippen LogP contribution is 2.08.